The van der Waals surface area contributed by atoms with Crippen molar-refractivity contribution in [3.63, 3.8) is 0 Å². The topological polar surface area (TPSA) is 105 Å². The van der Waals surface area contributed by atoms with Crippen LogP contribution in [0.5, 0.6) is 5.75 Å². The van der Waals surface area contributed by atoms with Crippen LogP contribution in [0.4, 0.5) is 5.69 Å². The number of sulfonamides is 1. The molecule has 0 saturated heterocycles. The summed E-state index contributed by atoms with van der Waals surface area (Å²) < 4.78 is 42.1. The standard InChI is InChI=1S/C36H50ClN3O6S/c1-24-9-8-17-36(45-5,21-34(41)39(3)4)31-15-12-28(31)22-40-18-7-6-10-26-19-30(37)14-11-29(26)23-46-33-16-13-27(20-32(33)40)35(42)38-47(43,44)25(24)2/h11,13-14,16,19-20,24-25,28,31H,6-10,12,15,17-18,21-23H2,1-5H3,(H,38,42)/t24-,25+,28-,31+,36-/m0/s1. The van der Waals surface area contributed by atoms with E-state index in [1.54, 1.807) is 51.2 Å². The Kier molecular flexibility index (Phi) is 11.1. The first-order valence-corrected chi connectivity index (χ1v) is 18.9. The van der Waals surface area contributed by atoms with E-state index in [2.05, 4.69) is 9.62 Å². The number of benzene rings is 2. The number of amides is 2. The molecule has 9 nitrogen and oxygen atoms in total. The zero-order chi connectivity index (χ0) is 33.9. The van der Waals surface area contributed by atoms with Gasteiger partial charge in [0.05, 0.1) is 23.0 Å². The first kappa shape index (κ1) is 35.5. The molecular formula is C36H50ClN3O6S. The van der Waals surface area contributed by atoms with Crippen LogP contribution in [0.25, 0.3) is 0 Å². The average Bonchev–Trinajstić information content (AvgIpc) is 3.04. The summed E-state index contributed by atoms with van der Waals surface area (Å²) in [6.45, 7) is 5.33. The predicted octanol–water partition coefficient (Wildman–Crippen LogP) is 6.22. The maximum Gasteiger partial charge on any atom is 0.264 e. The van der Waals surface area contributed by atoms with Crippen molar-refractivity contribution in [2.24, 2.45) is 17.8 Å². The van der Waals surface area contributed by atoms with Crippen molar-refractivity contribution in [2.75, 3.05) is 39.2 Å². The van der Waals surface area contributed by atoms with Gasteiger partial charge < -0.3 is 19.3 Å². The van der Waals surface area contributed by atoms with Crippen LogP contribution in [-0.4, -0.2) is 70.3 Å². The zero-order valence-corrected chi connectivity index (χ0v) is 30.0. The molecule has 3 aliphatic rings. The number of fused-ring (bicyclic) bond motifs is 3. The molecule has 2 amide bonds. The fourth-order valence-electron chi connectivity index (χ4n) is 7.53. The zero-order valence-electron chi connectivity index (χ0n) is 28.4. The van der Waals surface area contributed by atoms with Crippen molar-refractivity contribution in [1.29, 1.82) is 0 Å². The number of halogens is 1. The number of rotatable bonds is 3. The minimum atomic E-state index is -3.96. The van der Waals surface area contributed by atoms with Crippen molar-refractivity contribution >= 4 is 39.1 Å². The van der Waals surface area contributed by atoms with E-state index in [-0.39, 0.29) is 35.6 Å². The Morgan fingerprint density at radius 1 is 1.09 bits per heavy atom. The number of aryl methyl sites for hydroxylation is 1. The summed E-state index contributed by atoms with van der Waals surface area (Å²) in [5, 5.41) is -0.0887. The highest BCUT2D eigenvalue weighted by Gasteiger charge is 2.49. The molecule has 1 saturated carbocycles. The molecular weight excluding hydrogens is 638 g/mol. The summed E-state index contributed by atoms with van der Waals surface area (Å²) in [5.41, 5.74) is 2.60. The molecule has 5 atom stereocenters. The Hall–Kier alpha value is -2.82. The van der Waals surface area contributed by atoms with E-state index in [1.807, 2.05) is 25.1 Å². The second kappa shape index (κ2) is 14.7. The number of nitrogens with zero attached hydrogens (tertiary/aromatic N) is 2. The van der Waals surface area contributed by atoms with Gasteiger partial charge in [-0.3, -0.25) is 9.59 Å². The van der Waals surface area contributed by atoms with Crippen LogP contribution in [0.15, 0.2) is 36.4 Å². The van der Waals surface area contributed by atoms with Crippen molar-refractivity contribution < 1.29 is 27.5 Å². The Morgan fingerprint density at radius 3 is 2.57 bits per heavy atom. The number of hydrogen-bond acceptors (Lipinski definition) is 7. The maximum atomic E-state index is 13.5. The van der Waals surface area contributed by atoms with Crippen LogP contribution in [0, 0.1) is 17.8 Å². The molecule has 0 spiro atoms. The van der Waals surface area contributed by atoms with Crippen LogP contribution in [0.1, 0.15) is 86.7 Å². The van der Waals surface area contributed by atoms with Gasteiger partial charge in [-0.15, -0.1) is 0 Å². The molecule has 258 valence electrons. The molecule has 0 unspecified atom stereocenters. The lowest BCUT2D eigenvalue weighted by Crippen LogP contribution is -2.54. The van der Waals surface area contributed by atoms with E-state index < -0.39 is 26.8 Å². The summed E-state index contributed by atoms with van der Waals surface area (Å²) in [5.74, 6) is 0.222. The second-order valence-electron chi connectivity index (χ2n) is 14.0. The second-order valence-corrected chi connectivity index (χ2v) is 16.5. The van der Waals surface area contributed by atoms with E-state index in [9.17, 15) is 18.0 Å². The Morgan fingerprint density at radius 2 is 1.87 bits per heavy atom. The third-order valence-corrected chi connectivity index (χ3v) is 13.1. The lowest BCUT2D eigenvalue weighted by molar-refractivity contribution is -0.151. The number of carbonyl (C=O) groups excluding carboxylic acids is 2. The Labute approximate surface area is 285 Å². The smallest absolute Gasteiger partial charge is 0.264 e. The van der Waals surface area contributed by atoms with Crippen LogP contribution in [0.2, 0.25) is 5.02 Å². The van der Waals surface area contributed by atoms with Crippen molar-refractivity contribution in [1.82, 2.24) is 9.62 Å². The molecule has 2 aromatic rings. The van der Waals surface area contributed by atoms with Gasteiger partial charge in [0.25, 0.3) is 5.91 Å². The SMILES string of the molecule is CO[C@]1(CC(=O)N(C)C)CCC[C@H](C)[C@@H](C)S(=O)(=O)NC(=O)c2ccc3c(c2)N(CCCCc2cc(Cl)ccc2CO3)C[C@@H]2CC[C@H]21. The fraction of sp³-hybridized carbons (Fsp3) is 0.611. The van der Waals surface area contributed by atoms with Crippen molar-refractivity contribution in [3.8, 4) is 5.75 Å². The fourth-order valence-corrected chi connectivity index (χ4v) is 9.04. The van der Waals surface area contributed by atoms with E-state index in [0.29, 0.717) is 43.2 Å². The van der Waals surface area contributed by atoms with Gasteiger partial charge in [-0.05, 0) is 111 Å². The number of nitrogens with one attached hydrogen (secondary N) is 1. The normalized spacial score (nSPS) is 28.3. The molecule has 1 N–H and O–H groups in total. The first-order chi connectivity index (χ1) is 22.3. The van der Waals surface area contributed by atoms with E-state index in [1.165, 1.54) is 0 Å². The molecule has 0 aromatic heterocycles. The summed E-state index contributed by atoms with van der Waals surface area (Å²) in [6.07, 6.45) is 6.95. The number of carbonyl (C=O) groups is 2. The third-order valence-electron chi connectivity index (χ3n) is 10.9. The number of hydrogen-bond donors (Lipinski definition) is 1. The van der Waals surface area contributed by atoms with Gasteiger partial charge in [0.1, 0.15) is 12.4 Å². The van der Waals surface area contributed by atoms with Gasteiger partial charge in [0, 0.05) is 44.9 Å². The highest BCUT2D eigenvalue weighted by molar-refractivity contribution is 7.90. The third kappa shape index (κ3) is 7.92. The van der Waals surface area contributed by atoms with Gasteiger partial charge in [-0.1, -0.05) is 31.0 Å². The lowest BCUT2D eigenvalue weighted by Gasteiger charge is -2.51. The molecule has 11 heteroatoms. The molecule has 5 rings (SSSR count). The van der Waals surface area contributed by atoms with Gasteiger partial charge in [0.2, 0.25) is 15.9 Å². The van der Waals surface area contributed by atoms with Gasteiger partial charge >= 0.3 is 0 Å². The highest BCUT2D eigenvalue weighted by Crippen LogP contribution is 2.49. The summed E-state index contributed by atoms with van der Waals surface area (Å²) >= 11 is 6.35. The van der Waals surface area contributed by atoms with Crippen LogP contribution >= 0.6 is 11.6 Å². The van der Waals surface area contributed by atoms with Crippen molar-refractivity contribution in [2.45, 2.75) is 89.1 Å². The quantitative estimate of drug-likeness (QED) is 0.409. The summed E-state index contributed by atoms with van der Waals surface area (Å²) in [7, 11) is 1.31. The minimum Gasteiger partial charge on any atom is -0.487 e. The summed E-state index contributed by atoms with van der Waals surface area (Å²) in [6, 6.07) is 11.1. The molecule has 2 heterocycles. The Bertz CT molecular complexity index is 1570. The highest BCUT2D eigenvalue weighted by atomic mass is 35.5. The maximum absolute atomic E-state index is 13.5. The molecule has 0 radical (unpaired) electrons. The minimum absolute atomic E-state index is 0.0249. The van der Waals surface area contributed by atoms with Crippen LogP contribution in [0.3, 0.4) is 0 Å². The Balaban J connectivity index is 1.57. The number of ether oxygens (including phenoxy) is 2. The first-order valence-electron chi connectivity index (χ1n) is 16.9. The number of anilines is 1. The van der Waals surface area contributed by atoms with E-state index in [4.69, 9.17) is 21.1 Å². The lowest BCUT2D eigenvalue weighted by atomic mass is 9.61. The molecule has 2 aliphatic heterocycles. The van der Waals surface area contributed by atoms with E-state index >= 15 is 0 Å². The molecule has 47 heavy (non-hydrogen) atoms. The van der Waals surface area contributed by atoms with Gasteiger partial charge in [0.15, 0.2) is 0 Å². The van der Waals surface area contributed by atoms with Gasteiger partial charge in [-0.25, -0.2) is 13.1 Å². The van der Waals surface area contributed by atoms with Gasteiger partial charge in [-0.2, -0.15) is 0 Å². The number of methoxy groups -OCH3 is 1. The molecule has 2 aromatic carbocycles. The molecule has 2 bridgehead atoms. The monoisotopic (exact) mass is 687 g/mol. The molecule has 1 aliphatic carbocycles. The van der Waals surface area contributed by atoms with Crippen LogP contribution in [-0.2, 0) is 32.6 Å². The largest absolute Gasteiger partial charge is 0.487 e. The summed E-state index contributed by atoms with van der Waals surface area (Å²) in [4.78, 5) is 30.6. The average molecular weight is 688 g/mol. The molecule has 1 fully saturated rings. The predicted molar refractivity (Wildman–Crippen MR) is 186 cm³/mol. The van der Waals surface area contributed by atoms with E-state index in [0.717, 1.165) is 55.5 Å². The van der Waals surface area contributed by atoms with Crippen LogP contribution < -0.4 is 14.4 Å². The van der Waals surface area contributed by atoms with Crippen molar-refractivity contribution in [3.05, 3.63) is 58.1 Å².